The Morgan fingerprint density at radius 3 is 2.28 bits per heavy atom. The van der Waals surface area contributed by atoms with E-state index in [-0.39, 0.29) is 35.9 Å². The number of hydrogen-bond donors (Lipinski definition) is 1. The highest BCUT2D eigenvalue weighted by molar-refractivity contribution is 7.90. The van der Waals surface area contributed by atoms with Crippen LogP contribution in [0, 0.1) is 10.1 Å². The Kier molecular flexibility index (Phi) is 6.24. The fraction of sp³-hybridized carbons (Fsp3) is 0.235. The molecule has 2 rings (SSSR count). The van der Waals surface area contributed by atoms with Crippen molar-refractivity contribution in [2.75, 3.05) is 11.1 Å². The van der Waals surface area contributed by atoms with Crippen molar-refractivity contribution in [2.24, 2.45) is 0 Å². The van der Waals surface area contributed by atoms with E-state index in [1.807, 2.05) is 6.07 Å². The van der Waals surface area contributed by atoms with Gasteiger partial charge in [0, 0.05) is 24.2 Å². The van der Waals surface area contributed by atoms with E-state index in [4.69, 9.17) is 0 Å². The highest BCUT2D eigenvalue weighted by atomic mass is 32.2. The number of amides is 1. The highest BCUT2D eigenvalue weighted by Crippen LogP contribution is 2.16. The van der Waals surface area contributed by atoms with Crippen LogP contribution in [0.1, 0.15) is 18.4 Å². The third kappa shape index (κ3) is 6.34. The molecule has 1 N–H and O–H groups in total. The van der Waals surface area contributed by atoms with E-state index in [9.17, 15) is 23.3 Å². The number of sulfone groups is 1. The number of benzene rings is 2. The summed E-state index contributed by atoms with van der Waals surface area (Å²) in [5.74, 6) is -0.448. The molecule has 0 aromatic heterocycles. The molecule has 0 bridgehead atoms. The lowest BCUT2D eigenvalue weighted by Gasteiger charge is -2.06. The molecular weight excluding hydrogens is 344 g/mol. The molecule has 7 nitrogen and oxygen atoms in total. The van der Waals surface area contributed by atoms with Crippen LogP contribution in [0.4, 0.5) is 11.4 Å². The summed E-state index contributed by atoms with van der Waals surface area (Å²) in [6.45, 7) is 0. The van der Waals surface area contributed by atoms with E-state index in [0.717, 1.165) is 5.56 Å². The number of nitro groups is 1. The maximum absolute atomic E-state index is 12.0. The summed E-state index contributed by atoms with van der Waals surface area (Å²) in [6, 6.07) is 14.3. The Morgan fingerprint density at radius 1 is 1.04 bits per heavy atom. The van der Waals surface area contributed by atoms with E-state index in [0.29, 0.717) is 5.69 Å². The quantitative estimate of drug-likeness (QED) is 0.574. The molecule has 25 heavy (non-hydrogen) atoms. The summed E-state index contributed by atoms with van der Waals surface area (Å²) >= 11 is 0. The van der Waals surface area contributed by atoms with Crippen molar-refractivity contribution >= 4 is 27.1 Å². The number of nitrogens with zero attached hydrogens (tertiary/aromatic N) is 1. The lowest BCUT2D eigenvalue weighted by atomic mass is 10.2. The van der Waals surface area contributed by atoms with Crippen LogP contribution in [-0.2, 0) is 20.4 Å². The van der Waals surface area contributed by atoms with E-state index in [1.54, 1.807) is 24.3 Å². The van der Waals surface area contributed by atoms with Gasteiger partial charge in [0.1, 0.15) is 0 Å². The van der Waals surface area contributed by atoms with Gasteiger partial charge in [-0.2, -0.15) is 0 Å². The lowest BCUT2D eigenvalue weighted by molar-refractivity contribution is -0.384. The number of carbonyl (C=O) groups is 1. The number of anilines is 1. The first-order chi connectivity index (χ1) is 11.9. The second kappa shape index (κ2) is 8.39. The molecule has 0 aliphatic heterocycles. The van der Waals surface area contributed by atoms with Crippen LogP contribution >= 0.6 is 0 Å². The van der Waals surface area contributed by atoms with Crippen LogP contribution in [-0.4, -0.2) is 25.0 Å². The van der Waals surface area contributed by atoms with Crippen molar-refractivity contribution in [1.82, 2.24) is 0 Å². The molecule has 0 atom stereocenters. The fourth-order valence-corrected chi connectivity index (χ4v) is 3.67. The minimum absolute atomic E-state index is 0.0438. The molecular formula is C17H18N2O5S. The summed E-state index contributed by atoms with van der Waals surface area (Å²) < 4.78 is 24.1. The van der Waals surface area contributed by atoms with Gasteiger partial charge in [0.25, 0.3) is 5.69 Å². The first-order valence-corrected chi connectivity index (χ1v) is 9.46. The molecule has 0 fully saturated rings. The number of carbonyl (C=O) groups excluding carboxylic acids is 1. The maximum atomic E-state index is 12.0. The number of nitrogens with one attached hydrogen (secondary N) is 1. The molecule has 132 valence electrons. The molecule has 0 unspecified atom stereocenters. The number of non-ortho nitro benzene ring substituents is 1. The van der Waals surface area contributed by atoms with Crippen molar-refractivity contribution < 1.29 is 18.1 Å². The zero-order valence-corrected chi connectivity index (χ0v) is 14.2. The van der Waals surface area contributed by atoms with Gasteiger partial charge in [-0.25, -0.2) is 8.42 Å². The summed E-state index contributed by atoms with van der Waals surface area (Å²) in [5, 5.41) is 13.1. The number of hydrogen-bond acceptors (Lipinski definition) is 5. The first kappa shape index (κ1) is 18.6. The minimum Gasteiger partial charge on any atom is -0.326 e. The van der Waals surface area contributed by atoms with Crippen LogP contribution in [0.3, 0.4) is 0 Å². The minimum atomic E-state index is -3.27. The topological polar surface area (TPSA) is 106 Å². The predicted molar refractivity (Wildman–Crippen MR) is 94.9 cm³/mol. The van der Waals surface area contributed by atoms with Crippen molar-refractivity contribution in [3.05, 3.63) is 70.3 Å². The van der Waals surface area contributed by atoms with E-state index in [1.165, 1.54) is 24.3 Å². The van der Waals surface area contributed by atoms with Gasteiger partial charge >= 0.3 is 0 Å². The standard InChI is InChI=1S/C17H18N2O5S/c20-17(18-15-8-10-16(11-9-15)19(21)22)7-4-12-25(23,24)13-14-5-2-1-3-6-14/h1-3,5-6,8-11H,4,7,12-13H2,(H,18,20). The third-order valence-corrected chi connectivity index (χ3v) is 5.13. The number of nitro benzene ring substituents is 1. The maximum Gasteiger partial charge on any atom is 0.269 e. The Bertz CT molecular complexity index is 833. The van der Waals surface area contributed by atoms with Gasteiger partial charge in [0.05, 0.1) is 16.4 Å². The monoisotopic (exact) mass is 362 g/mol. The molecule has 2 aromatic rings. The van der Waals surface area contributed by atoms with Gasteiger partial charge in [0.15, 0.2) is 9.84 Å². The summed E-state index contributed by atoms with van der Waals surface area (Å²) in [6.07, 6.45) is 0.277. The average molecular weight is 362 g/mol. The first-order valence-electron chi connectivity index (χ1n) is 7.64. The summed E-state index contributed by atoms with van der Waals surface area (Å²) in [5.41, 5.74) is 1.09. The van der Waals surface area contributed by atoms with E-state index >= 15 is 0 Å². The fourth-order valence-electron chi connectivity index (χ4n) is 2.24. The van der Waals surface area contributed by atoms with Gasteiger partial charge in [0.2, 0.25) is 5.91 Å². The zero-order chi connectivity index (χ0) is 18.3. The number of rotatable bonds is 8. The van der Waals surface area contributed by atoms with Gasteiger partial charge in [-0.3, -0.25) is 14.9 Å². The van der Waals surface area contributed by atoms with Crippen LogP contribution in [0.15, 0.2) is 54.6 Å². The third-order valence-electron chi connectivity index (χ3n) is 3.45. The van der Waals surface area contributed by atoms with Crippen LogP contribution < -0.4 is 5.32 Å². The SMILES string of the molecule is O=C(CCCS(=O)(=O)Cc1ccccc1)Nc1ccc([N+](=O)[O-])cc1. The summed E-state index contributed by atoms with van der Waals surface area (Å²) in [7, 11) is -3.27. The molecule has 0 heterocycles. The highest BCUT2D eigenvalue weighted by Gasteiger charge is 2.13. The van der Waals surface area contributed by atoms with Gasteiger partial charge in [-0.05, 0) is 24.1 Å². The Labute approximate surface area is 145 Å². The lowest BCUT2D eigenvalue weighted by Crippen LogP contribution is -2.15. The molecule has 0 radical (unpaired) electrons. The molecule has 8 heteroatoms. The van der Waals surface area contributed by atoms with Gasteiger partial charge in [-0.1, -0.05) is 30.3 Å². The van der Waals surface area contributed by atoms with Crippen LogP contribution in [0.25, 0.3) is 0 Å². The smallest absolute Gasteiger partial charge is 0.269 e. The normalized spacial score (nSPS) is 11.0. The molecule has 0 saturated heterocycles. The zero-order valence-electron chi connectivity index (χ0n) is 13.4. The Balaban J connectivity index is 1.78. The van der Waals surface area contributed by atoms with Crippen molar-refractivity contribution in [1.29, 1.82) is 0 Å². The molecule has 0 spiro atoms. The predicted octanol–water partition coefficient (Wildman–Crippen LogP) is 2.93. The van der Waals surface area contributed by atoms with Crippen LogP contribution in [0.2, 0.25) is 0 Å². The van der Waals surface area contributed by atoms with Gasteiger partial charge in [-0.15, -0.1) is 0 Å². The molecule has 0 aliphatic rings. The van der Waals surface area contributed by atoms with Gasteiger partial charge < -0.3 is 5.32 Å². The summed E-state index contributed by atoms with van der Waals surface area (Å²) in [4.78, 5) is 21.9. The molecule has 2 aromatic carbocycles. The Morgan fingerprint density at radius 2 is 1.68 bits per heavy atom. The van der Waals surface area contributed by atoms with E-state index in [2.05, 4.69) is 5.32 Å². The molecule has 0 aliphatic carbocycles. The van der Waals surface area contributed by atoms with Crippen molar-refractivity contribution in [3.8, 4) is 0 Å². The second-order valence-corrected chi connectivity index (χ2v) is 7.72. The average Bonchev–Trinajstić information content (AvgIpc) is 2.55. The largest absolute Gasteiger partial charge is 0.326 e. The second-order valence-electron chi connectivity index (χ2n) is 5.53. The molecule has 0 saturated carbocycles. The van der Waals surface area contributed by atoms with Crippen molar-refractivity contribution in [3.63, 3.8) is 0 Å². The van der Waals surface area contributed by atoms with Crippen LogP contribution in [0.5, 0.6) is 0 Å². The Hall–Kier alpha value is -2.74. The molecule has 1 amide bonds. The van der Waals surface area contributed by atoms with E-state index < -0.39 is 14.8 Å². The van der Waals surface area contributed by atoms with Crippen molar-refractivity contribution in [2.45, 2.75) is 18.6 Å².